The maximum Gasteiger partial charge on any atom is 0.328 e. The summed E-state index contributed by atoms with van der Waals surface area (Å²) in [6.45, 7) is 3.81. The third kappa shape index (κ3) is 2.41. The van der Waals surface area contributed by atoms with E-state index < -0.39 is 17.6 Å². The summed E-state index contributed by atoms with van der Waals surface area (Å²) in [7, 11) is 1.62. The Morgan fingerprint density at radius 3 is 2.79 bits per heavy atom. The van der Waals surface area contributed by atoms with Crippen LogP contribution >= 0.6 is 0 Å². The Labute approximate surface area is 168 Å². The van der Waals surface area contributed by atoms with Gasteiger partial charge in [-0.05, 0) is 56.9 Å². The second-order valence-corrected chi connectivity index (χ2v) is 8.28. The van der Waals surface area contributed by atoms with Crippen molar-refractivity contribution in [1.29, 1.82) is 0 Å². The summed E-state index contributed by atoms with van der Waals surface area (Å²) in [5.41, 5.74) is 1.50. The second-order valence-electron chi connectivity index (χ2n) is 8.28. The van der Waals surface area contributed by atoms with Gasteiger partial charge in [0.05, 0.1) is 12.8 Å². The van der Waals surface area contributed by atoms with E-state index in [2.05, 4.69) is 10.3 Å². The third-order valence-corrected chi connectivity index (χ3v) is 6.49. The van der Waals surface area contributed by atoms with Crippen LogP contribution < -0.4 is 10.1 Å². The Morgan fingerprint density at radius 1 is 1.34 bits per heavy atom. The summed E-state index contributed by atoms with van der Waals surface area (Å²) in [5.74, 6) is 0.104. The van der Waals surface area contributed by atoms with Crippen LogP contribution in [0.15, 0.2) is 18.2 Å². The van der Waals surface area contributed by atoms with Crippen LogP contribution in [-0.2, 0) is 21.5 Å². The van der Waals surface area contributed by atoms with Crippen molar-refractivity contribution in [3.05, 3.63) is 29.5 Å². The van der Waals surface area contributed by atoms with E-state index in [1.54, 1.807) is 25.9 Å². The number of aromatic amines is 1. The molecule has 3 aliphatic rings. The molecule has 2 aromatic rings. The number of nitrogens with zero attached hydrogens (tertiary/aromatic N) is 2. The number of H-pyrrole nitrogens is 1. The molecule has 29 heavy (non-hydrogen) atoms. The molecule has 0 radical (unpaired) electrons. The van der Waals surface area contributed by atoms with Crippen LogP contribution in [0.2, 0.25) is 0 Å². The molecule has 2 fully saturated rings. The van der Waals surface area contributed by atoms with Gasteiger partial charge >= 0.3 is 6.03 Å². The second kappa shape index (κ2) is 5.98. The number of ether oxygens (including phenoxy) is 1. The lowest BCUT2D eigenvalue weighted by Gasteiger charge is -2.36. The Morgan fingerprint density at radius 2 is 2.10 bits per heavy atom. The van der Waals surface area contributed by atoms with Crippen molar-refractivity contribution in [1.82, 2.24) is 20.1 Å². The van der Waals surface area contributed by atoms with Crippen LogP contribution in [0, 0.1) is 0 Å². The zero-order chi connectivity index (χ0) is 20.5. The highest BCUT2D eigenvalue weighted by Gasteiger charge is 2.60. The van der Waals surface area contributed by atoms with Gasteiger partial charge in [0.1, 0.15) is 11.8 Å². The van der Waals surface area contributed by atoms with Crippen LogP contribution in [0.4, 0.5) is 4.79 Å². The van der Waals surface area contributed by atoms with E-state index in [1.807, 2.05) is 18.2 Å². The van der Waals surface area contributed by atoms with Crippen molar-refractivity contribution in [3.8, 4) is 5.75 Å². The number of fused-ring (bicyclic) bond motifs is 5. The van der Waals surface area contributed by atoms with Crippen molar-refractivity contribution in [3.63, 3.8) is 0 Å². The number of hydrogen-bond donors (Lipinski definition) is 2. The van der Waals surface area contributed by atoms with Gasteiger partial charge in [-0.3, -0.25) is 9.59 Å². The Balaban J connectivity index is 1.56. The van der Waals surface area contributed by atoms with Crippen LogP contribution in [0.1, 0.15) is 37.9 Å². The van der Waals surface area contributed by atoms with Crippen molar-refractivity contribution < 1.29 is 19.1 Å². The van der Waals surface area contributed by atoms with Crippen molar-refractivity contribution in [2.24, 2.45) is 0 Å². The number of hydrogen-bond acceptors (Lipinski definition) is 4. The predicted molar refractivity (Wildman–Crippen MR) is 105 cm³/mol. The number of imide groups is 1. The maximum absolute atomic E-state index is 13.5. The monoisotopic (exact) mass is 396 g/mol. The molecule has 1 saturated heterocycles. The highest BCUT2D eigenvalue weighted by Crippen LogP contribution is 2.45. The Hall–Kier alpha value is -3.03. The van der Waals surface area contributed by atoms with E-state index in [9.17, 15) is 14.4 Å². The lowest BCUT2D eigenvalue weighted by molar-refractivity contribution is -0.139. The number of benzene rings is 1. The fraction of sp³-hybridized carbons (Fsp3) is 0.476. The number of methoxy groups -OCH3 is 1. The minimum atomic E-state index is -1.15. The zero-order valence-corrected chi connectivity index (χ0v) is 16.7. The summed E-state index contributed by atoms with van der Waals surface area (Å²) in [6, 6.07) is 4.66. The molecule has 1 saturated carbocycles. The zero-order valence-electron chi connectivity index (χ0n) is 16.7. The number of urea groups is 1. The molecule has 1 aromatic heterocycles. The first-order valence-electron chi connectivity index (χ1n) is 10.0. The van der Waals surface area contributed by atoms with Gasteiger partial charge in [-0.25, -0.2) is 9.69 Å². The van der Waals surface area contributed by atoms with Gasteiger partial charge in [-0.15, -0.1) is 0 Å². The first kappa shape index (κ1) is 18.0. The molecule has 2 aliphatic heterocycles. The molecule has 0 spiro atoms. The molecule has 8 heteroatoms. The predicted octanol–water partition coefficient (Wildman–Crippen LogP) is 1.88. The Bertz CT molecular complexity index is 1060. The smallest absolute Gasteiger partial charge is 0.328 e. The van der Waals surface area contributed by atoms with Crippen LogP contribution in [0.25, 0.3) is 10.9 Å². The fourth-order valence-corrected chi connectivity index (χ4v) is 4.58. The molecule has 0 bridgehead atoms. The summed E-state index contributed by atoms with van der Waals surface area (Å²) < 4.78 is 5.35. The van der Waals surface area contributed by atoms with Gasteiger partial charge in [0.15, 0.2) is 5.54 Å². The molecule has 1 aliphatic carbocycles. The van der Waals surface area contributed by atoms with E-state index in [1.165, 1.54) is 0 Å². The molecular weight excluding hydrogens is 372 g/mol. The topological polar surface area (TPSA) is 94.7 Å². The summed E-state index contributed by atoms with van der Waals surface area (Å²) in [5, 5.41) is 3.89. The molecule has 0 unspecified atom stereocenters. The summed E-state index contributed by atoms with van der Waals surface area (Å²) >= 11 is 0. The van der Waals surface area contributed by atoms with E-state index in [-0.39, 0.29) is 17.9 Å². The van der Waals surface area contributed by atoms with Crippen molar-refractivity contribution in [2.45, 2.75) is 50.7 Å². The molecule has 4 amide bonds. The Kier molecular flexibility index (Phi) is 3.72. The average molecular weight is 396 g/mol. The fourth-order valence-electron chi connectivity index (χ4n) is 4.58. The van der Waals surface area contributed by atoms with Gasteiger partial charge in [0, 0.05) is 23.5 Å². The van der Waals surface area contributed by atoms with Gasteiger partial charge < -0.3 is 19.9 Å². The SMILES string of the molecule is COc1ccc2[nH]c3c(c2c1)CCN1C(=O)N([C@@H](C)C(=O)NC2CC2)C(=O)[C@]31C. The molecule has 3 heterocycles. The van der Waals surface area contributed by atoms with E-state index in [0.717, 1.165) is 45.7 Å². The minimum absolute atomic E-state index is 0.172. The summed E-state index contributed by atoms with van der Waals surface area (Å²) in [4.78, 5) is 45.3. The maximum atomic E-state index is 13.5. The number of nitrogens with one attached hydrogen (secondary N) is 2. The number of carbonyl (C=O) groups excluding carboxylic acids is 3. The largest absolute Gasteiger partial charge is 0.497 e. The van der Waals surface area contributed by atoms with Gasteiger partial charge in [-0.1, -0.05) is 0 Å². The van der Waals surface area contributed by atoms with Crippen molar-refractivity contribution in [2.75, 3.05) is 13.7 Å². The standard InChI is InChI=1S/C21H24N4O4/c1-11(18(26)22-12-4-5-12)25-19(27)21(2)17-14(8-9-24(21)20(25)28)15-10-13(29-3)6-7-16(15)23-17/h6-7,10-12,23H,4-5,8-9H2,1-3H3,(H,22,26)/t11-,21-/m0/s1. The lowest BCUT2D eigenvalue weighted by Crippen LogP contribution is -2.50. The van der Waals surface area contributed by atoms with Gasteiger partial charge in [-0.2, -0.15) is 0 Å². The number of aromatic nitrogens is 1. The first-order valence-corrected chi connectivity index (χ1v) is 10.0. The van der Waals surface area contributed by atoms with Gasteiger partial charge in [0.25, 0.3) is 5.91 Å². The first-order chi connectivity index (χ1) is 13.9. The quantitative estimate of drug-likeness (QED) is 0.772. The number of carbonyl (C=O) groups is 3. The van der Waals surface area contributed by atoms with Crippen LogP contribution in [0.3, 0.4) is 0 Å². The molecule has 152 valence electrons. The van der Waals surface area contributed by atoms with E-state index >= 15 is 0 Å². The third-order valence-electron chi connectivity index (χ3n) is 6.49. The molecule has 1 aromatic carbocycles. The van der Waals surface area contributed by atoms with E-state index in [4.69, 9.17) is 4.74 Å². The van der Waals surface area contributed by atoms with Gasteiger partial charge in [0.2, 0.25) is 5.91 Å². The highest BCUT2D eigenvalue weighted by molar-refractivity contribution is 6.11. The lowest BCUT2D eigenvalue weighted by atomic mass is 9.87. The highest BCUT2D eigenvalue weighted by atomic mass is 16.5. The molecule has 5 rings (SSSR count). The van der Waals surface area contributed by atoms with Crippen molar-refractivity contribution >= 4 is 28.7 Å². The number of amides is 4. The average Bonchev–Trinajstić information content (AvgIpc) is 3.40. The minimum Gasteiger partial charge on any atom is -0.497 e. The summed E-state index contributed by atoms with van der Waals surface area (Å²) in [6.07, 6.45) is 2.53. The molecule has 8 nitrogen and oxygen atoms in total. The van der Waals surface area contributed by atoms with Crippen LogP contribution in [-0.4, -0.2) is 58.4 Å². The number of rotatable bonds is 4. The normalized spacial score (nSPS) is 24.5. The molecular formula is C21H24N4O4. The molecule has 2 atom stereocenters. The molecule has 2 N–H and O–H groups in total. The van der Waals surface area contributed by atoms with E-state index in [0.29, 0.717) is 13.0 Å². The van der Waals surface area contributed by atoms with Crippen LogP contribution in [0.5, 0.6) is 5.75 Å².